The molecule has 1 aromatic rings. The van der Waals surface area contributed by atoms with Gasteiger partial charge in [0, 0.05) is 28.8 Å². The van der Waals surface area contributed by atoms with Crippen molar-refractivity contribution in [2.45, 2.75) is 26.7 Å². The van der Waals surface area contributed by atoms with Crippen molar-refractivity contribution in [3.8, 4) is 0 Å². The van der Waals surface area contributed by atoms with Crippen LogP contribution in [-0.4, -0.2) is 23.5 Å². The largest absolute Gasteiger partial charge is 0.481 e. The summed E-state index contributed by atoms with van der Waals surface area (Å²) in [6.07, 6.45) is 4.08. The lowest BCUT2D eigenvalue weighted by Crippen LogP contribution is -2.28. The van der Waals surface area contributed by atoms with E-state index in [0.717, 1.165) is 11.3 Å². The summed E-state index contributed by atoms with van der Waals surface area (Å²) >= 11 is 1.62. The zero-order valence-electron chi connectivity index (χ0n) is 11.2. The lowest BCUT2D eigenvalue weighted by molar-refractivity contribution is -0.138. The van der Waals surface area contributed by atoms with Crippen LogP contribution < -0.4 is 5.32 Å². The van der Waals surface area contributed by atoms with Crippen LogP contribution in [0.15, 0.2) is 18.2 Å². The molecule has 0 fully saturated rings. The lowest BCUT2D eigenvalue weighted by Gasteiger charge is -2.12. The fourth-order valence-electron chi connectivity index (χ4n) is 1.61. The van der Waals surface area contributed by atoms with Gasteiger partial charge in [-0.25, -0.2) is 0 Å². The maximum absolute atomic E-state index is 11.6. The van der Waals surface area contributed by atoms with Crippen molar-refractivity contribution < 1.29 is 14.7 Å². The monoisotopic (exact) mass is 281 g/mol. The minimum absolute atomic E-state index is 0.0150. The van der Waals surface area contributed by atoms with E-state index in [1.165, 1.54) is 11.0 Å². The van der Waals surface area contributed by atoms with Crippen molar-refractivity contribution in [3.63, 3.8) is 0 Å². The van der Waals surface area contributed by atoms with Gasteiger partial charge in [-0.3, -0.25) is 9.59 Å². The first-order valence-corrected chi connectivity index (χ1v) is 7.07. The standard InChI is InChI=1S/C14H19NO3S/c1-3-11(8-14(17)18)9-15-13(16)7-6-12-5-4-10(2)19-12/h4-7,11H,3,8-9H2,1-2H3,(H,15,16)(H,17,18)/b7-6+. The molecule has 0 aliphatic heterocycles. The van der Waals surface area contributed by atoms with E-state index in [9.17, 15) is 9.59 Å². The molecule has 0 bridgehead atoms. The number of hydrogen-bond acceptors (Lipinski definition) is 3. The van der Waals surface area contributed by atoms with Gasteiger partial charge in [0.1, 0.15) is 0 Å². The molecule has 1 atom stereocenters. The molecule has 104 valence electrons. The minimum Gasteiger partial charge on any atom is -0.481 e. The van der Waals surface area contributed by atoms with Crippen molar-refractivity contribution in [2.75, 3.05) is 6.54 Å². The third-order valence-corrected chi connectivity index (χ3v) is 3.73. The number of thiophene rings is 1. The summed E-state index contributed by atoms with van der Waals surface area (Å²) in [6, 6.07) is 3.96. The molecule has 1 heterocycles. The molecule has 0 aliphatic rings. The van der Waals surface area contributed by atoms with Gasteiger partial charge in [-0.15, -0.1) is 11.3 Å². The van der Waals surface area contributed by atoms with E-state index >= 15 is 0 Å². The number of amides is 1. The SMILES string of the molecule is CCC(CNC(=O)/C=C/c1ccc(C)s1)CC(=O)O. The maximum atomic E-state index is 11.6. The molecule has 19 heavy (non-hydrogen) atoms. The number of rotatable bonds is 7. The molecule has 4 nitrogen and oxygen atoms in total. The van der Waals surface area contributed by atoms with Crippen LogP contribution in [0.25, 0.3) is 6.08 Å². The first-order chi connectivity index (χ1) is 9.01. The molecule has 5 heteroatoms. The van der Waals surface area contributed by atoms with Gasteiger partial charge >= 0.3 is 5.97 Å². The molecule has 0 aliphatic carbocycles. The molecule has 0 saturated carbocycles. The van der Waals surface area contributed by atoms with Crippen LogP contribution in [-0.2, 0) is 9.59 Å². The number of carbonyl (C=O) groups is 2. The molecule has 1 rings (SSSR count). The number of hydrogen-bond donors (Lipinski definition) is 2. The molecule has 2 N–H and O–H groups in total. The number of carbonyl (C=O) groups excluding carboxylic acids is 1. The number of carboxylic acids is 1. The van der Waals surface area contributed by atoms with Crippen molar-refractivity contribution in [1.29, 1.82) is 0 Å². The fourth-order valence-corrected chi connectivity index (χ4v) is 2.39. The Morgan fingerprint density at radius 1 is 1.47 bits per heavy atom. The Balaban J connectivity index is 2.38. The van der Waals surface area contributed by atoms with Crippen molar-refractivity contribution >= 4 is 29.3 Å². The van der Waals surface area contributed by atoms with E-state index in [-0.39, 0.29) is 18.2 Å². The second-order valence-corrected chi connectivity index (χ2v) is 5.72. The van der Waals surface area contributed by atoms with Gasteiger partial charge in [0.2, 0.25) is 5.91 Å². The quantitative estimate of drug-likeness (QED) is 0.755. The van der Waals surface area contributed by atoms with Crippen LogP contribution in [0.2, 0.25) is 0 Å². The molecule has 1 amide bonds. The van der Waals surface area contributed by atoms with Crippen LogP contribution in [0.4, 0.5) is 0 Å². The predicted molar refractivity (Wildman–Crippen MR) is 77.1 cm³/mol. The van der Waals surface area contributed by atoms with Crippen LogP contribution >= 0.6 is 11.3 Å². The molecule has 1 unspecified atom stereocenters. The summed E-state index contributed by atoms with van der Waals surface area (Å²) in [7, 11) is 0. The summed E-state index contributed by atoms with van der Waals surface area (Å²) in [5, 5.41) is 11.4. The third kappa shape index (κ3) is 6.20. The van der Waals surface area contributed by atoms with E-state index in [1.54, 1.807) is 17.4 Å². The van der Waals surface area contributed by atoms with Gasteiger partial charge in [-0.1, -0.05) is 13.3 Å². The van der Waals surface area contributed by atoms with E-state index in [4.69, 9.17) is 5.11 Å². The average molecular weight is 281 g/mol. The molecule has 0 saturated heterocycles. The fraction of sp³-hybridized carbons (Fsp3) is 0.429. The zero-order chi connectivity index (χ0) is 14.3. The highest BCUT2D eigenvalue weighted by molar-refractivity contribution is 7.12. The second-order valence-electron chi connectivity index (χ2n) is 4.40. The Bertz CT molecular complexity index is 465. The lowest BCUT2D eigenvalue weighted by atomic mass is 10.0. The molecule has 0 spiro atoms. The highest BCUT2D eigenvalue weighted by Crippen LogP contribution is 2.16. The Morgan fingerprint density at radius 3 is 2.74 bits per heavy atom. The van der Waals surface area contributed by atoms with Crippen molar-refractivity contribution in [3.05, 3.63) is 28.0 Å². The molecule has 0 aromatic carbocycles. The molecule has 1 aromatic heterocycles. The van der Waals surface area contributed by atoms with Gasteiger partial charge in [-0.2, -0.15) is 0 Å². The van der Waals surface area contributed by atoms with Crippen LogP contribution in [0, 0.1) is 12.8 Å². The molecular weight excluding hydrogens is 262 g/mol. The van der Waals surface area contributed by atoms with Gasteiger partial charge in [0.05, 0.1) is 0 Å². The smallest absolute Gasteiger partial charge is 0.303 e. The van der Waals surface area contributed by atoms with E-state index < -0.39 is 5.97 Å². The highest BCUT2D eigenvalue weighted by Gasteiger charge is 2.11. The van der Waals surface area contributed by atoms with Crippen LogP contribution in [0.5, 0.6) is 0 Å². The van der Waals surface area contributed by atoms with Crippen molar-refractivity contribution in [1.82, 2.24) is 5.32 Å². The van der Waals surface area contributed by atoms with E-state index in [0.29, 0.717) is 6.54 Å². The summed E-state index contributed by atoms with van der Waals surface area (Å²) < 4.78 is 0. The van der Waals surface area contributed by atoms with Gasteiger partial charge in [0.15, 0.2) is 0 Å². The summed E-state index contributed by atoms with van der Waals surface area (Å²) in [5.74, 6) is -1.03. The number of nitrogens with one attached hydrogen (secondary N) is 1. The van der Waals surface area contributed by atoms with Crippen LogP contribution in [0.3, 0.4) is 0 Å². The number of carboxylic acid groups (broad SMARTS) is 1. The maximum Gasteiger partial charge on any atom is 0.303 e. The van der Waals surface area contributed by atoms with Gasteiger partial charge < -0.3 is 10.4 Å². The third-order valence-electron chi connectivity index (χ3n) is 2.77. The average Bonchev–Trinajstić information content (AvgIpc) is 2.77. The topological polar surface area (TPSA) is 66.4 Å². The normalized spacial score (nSPS) is 12.5. The second kappa shape index (κ2) is 7.74. The van der Waals surface area contributed by atoms with E-state index in [2.05, 4.69) is 5.32 Å². The van der Waals surface area contributed by atoms with Crippen molar-refractivity contribution in [2.24, 2.45) is 5.92 Å². The van der Waals surface area contributed by atoms with Gasteiger partial charge in [-0.05, 0) is 31.1 Å². The first kappa shape index (κ1) is 15.4. The highest BCUT2D eigenvalue weighted by atomic mass is 32.1. The first-order valence-electron chi connectivity index (χ1n) is 6.25. The van der Waals surface area contributed by atoms with Gasteiger partial charge in [0.25, 0.3) is 0 Å². The summed E-state index contributed by atoms with van der Waals surface area (Å²) in [4.78, 5) is 24.4. The number of aliphatic carboxylic acids is 1. The predicted octanol–water partition coefficient (Wildman–Crippen LogP) is 2.69. The summed E-state index contributed by atoms with van der Waals surface area (Å²) in [5.41, 5.74) is 0. The summed E-state index contributed by atoms with van der Waals surface area (Å²) in [6.45, 7) is 4.33. The Morgan fingerprint density at radius 2 is 2.21 bits per heavy atom. The van der Waals surface area contributed by atoms with E-state index in [1.807, 2.05) is 26.0 Å². The van der Waals surface area contributed by atoms with Crippen LogP contribution in [0.1, 0.15) is 29.5 Å². The Hall–Kier alpha value is -1.62. The number of aryl methyl sites for hydroxylation is 1. The molecule has 0 radical (unpaired) electrons. The molecular formula is C14H19NO3S. The minimum atomic E-state index is -0.828. The Labute approximate surface area is 117 Å². The zero-order valence-corrected chi connectivity index (χ0v) is 12.0. The Kier molecular flexibility index (Phi) is 6.29.